The summed E-state index contributed by atoms with van der Waals surface area (Å²) < 4.78 is 5.04. The van der Waals surface area contributed by atoms with Gasteiger partial charge in [0.15, 0.2) is 0 Å². The van der Waals surface area contributed by atoms with Crippen molar-refractivity contribution in [2.45, 2.75) is 0 Å². The molecule has 0 fully saturated rings. The van der Waals surface area contributed by atoms with Gasteiger partial charge in [-0.2, -0.15) is 0 Å². The van der Waals surface area contributed by atoms with Crippen LogP contribution in [0.1, 0.15) is 9.67 Å². The summed E-state index contributed by atoms with van der Waals surface area (Å²) in [5, 5.41) is 7.13. The summed E-state index contributed by atoms with van der Waals surface area (Å²) >= 11 is 1.28. The molecule has 132 valence electrons. The van der Waals surface area contributed by atoms with Gasteiger partial charge >= 0.3 is 0 Å². The minimum atomic E-state index is -0.525. The molecule has 0 saturated heterocycles. The maximum absolute atomic E-state index is 11.7. The Morgan fingerprint density at radius 2 is 1.68 bits per heavy atom. The molecule has 0 spiro atoms. The van der Waals surface area contributed by atoms with Gasteiger partial charge in [-0.25, -0.2) is 0 Å². The molecular weight excluding hydrogens is 344 g/mol. The summed E-state index contributed by atoms with van der Waals surface area (Å²) in [6, 6.07) is 10.5. The fourth-order valence-electron chi connectivity index (χ4n) is 1.77. The van der Waals surface area contributed by atoms with E-state index < -0.39 is 11.8 Å². The smallest absolute Gasteiger partial charge is 0.261 e. The number of ether oxygens (including phenoxy) is 1. The van der Waals surface area contributed by atoms with Crippen molar-refractivity contribution in [3.05, 3.63) is 46.7 Å². The van der Waals surface area contributed by atoms with E-state index in [1.807, 2.05) is 0 Å². The Labute approximate surface area is 148 Å². The first-order valence-electron chi connectivity index (χ1n) is 7.36. The highest BCUT2D eigenvalue weighted by Gasteiger charge is 2.09. The first kappa shape index (κ1) is 18.3. The Bertz CT molecular complexity index is 716. The van der Waals surface area contributed by atoms with Gasteiger partial charge in [-0.1, -0.05) is 6.07 Å². The highest BCUT2D eigenvalue weighted by Crippen LogP contribution is 2.14. The SMILES string of the molecule is COc1ccc(NCC(=O)NNC(=O)CNC(=O)c2cccs2)cc1. The summed E-state index contributed by atoms with van der Waals surface area (Å²) in [5.74, 6) is -0.569. The van der Waals surface area contributed by atoms with Crippen LogP contribution in [-0.4, -0.2) is 37.9 Å². The van der Waals surface area contributed by atoms with Crippen molar-refractivity contribution in [2.75, 3.05) is 25.5 Å². The van der Waals surface area contributed by atoms with Crippen molar-refractivity contribution < 1.29 is 19.1 Å². The highest BCUT2D eigenvalue weighted by molar-refractivity contribution is 7.12. The number of hydrogen-bond donors (Lipinski definition) is 4. The topological polar surface area (TPSA) is 109 Å². The Morgan fingerprint density at radius 1 is 1.00 bits per heavy atom. The third kappa shape index (κ3) is 6.15. The van der Waals surface area contributed by atoms with Gasteiger partial charge in [0, 0.05) is 5.69 Å². The summed E-state index contributed by atoms with van der Waals surface area (Å²) in [6.45, 7) is -0.253. The standard InChI is InChI=1S/C16H18N4O4S/c1-24-12-6-4-11(5-7-12)17-9-14(21)19-20-15(22)10-18-16(23)13-3-2-8-25-13/h2-8,17H,9-10H2,1H3,(H,18,23)(H,19,21)(H,20,22). The second-order valence-corrected chi connectivity index (χ2v) is 5.79. The Hall–Kier alpha value is -3.07. The highest BCUT2D eigenvalue weighted by atomic mass is 32.1. The summed E-state index contributed by atoms with van der Waals surface area (Å²) in [4.78, 5) is 35.4. The number of rotatable bonds is 7. The molecule has 0 aliphatic rings. The van der Waals surface area contributed by atoms with Crippen molar-refractivity contribution in [1.82, 2.24) is 16.2 Å². The lowest BCUT2D eigenvalue weighted by molar-refractivity contribution is -0.127. The molecule has 9 heteroatoms. The van der Waals surface area contributed by atoms with Crippen LogP contribution in [0.2, 0.25) is 0 Å². The molecule has 4 N–H and O–H groups in total. The number of thiophene rings is 1. The van der Waals surface area contributed by atoms with Gasteiger partial charge in [-0.3, -0.25) is 25.2 Å². The van der Waals surface area contributed by atoms with Crippen LogP contribution in [0.15, 0.2) is 41.8 Å². The second kappa shape index (κ2) is 9.28. The Morgan fingerprint density at radius 3 is 2.28 bits per heavy atom. The number of amides is 3. The van der Waals surface area contributed by atoms with Gasteiger partial charge in [-0.15, -0.1) is 11.3 Å². The molecule has 8 nitrogen and oxygen atoms in total. The first-order valence-corrected chi connectivity index (χ1v) is 8.24. The van der Waals surface area contributed by atoms with Crippen molar-refractivity contribution in [1.29, 1.82) is 0 Å². The number of carbonyl (C=O) groups excluding carboxylic acids is 3. The van der Waals surface area contributed by atoms with E-state index in [2.05, 4.69) is 21.5 Å². The lowest BCUT2D eigenvalue weighted by Gasteiger charge is -2.10. The molecule has 1 aromatic carbocycles. The normalized spacial score (nSPS) is 9.80. The molecule has 1 aromatic heterocycles. The molecule has 2 aromatic rings. The number of methoxy groups -OCH3 is 1. The molecule has 3 amide bonds. The monoisotopic (exact) mass is 362 g/mol. The number of carbonyl (C=O) groups is 3. The van der Waals surface area contributed by atoms with Crippen LogP contribution in [0.5, 0.6) is 5.75 Å². The minimum Gasteiger partial charge on any atom is -0.497 e. The molecule has 0 aliphatic heterocycles. The molecule has 2 rings (SSSR count). The zero-order valence-corrected chi connectivity index (χ0v) is 14.3. The van der Waals surface area contributed by atoms with E-state index >= 15 is 0 Å². The lowest BCUT2D eigenvalue weighted by Crippen LogP contribution is -2.47. The summed E-state index contributed by atoms with van der Waals surface area (Å²) in [6.07, 6.45) is 0. The van der Waals surface area contributed by atoms with Gasteiger partial charge in [0.25, 0.3) is 17.7 Å². The van der Waals surface area contributed by atoms with E-state index in [0.29, 0.717) is 10.6 Å². The van der Waals surface area contributed by atoms with Gasteiger partial charge in [0.05, 0.1) is 25.1 Å². The van der Waals surface area contributed by atoms with Crippen molar-refractivity contribution in [3.63, 3.8) is 0 Å². The average molecular weight is 362 g/mol. The van der Waals surface area contributed by atoms with E-state index in [1.165, 1.54) is 11.3 Å². The predicted molar refractivity (Wildman–Crippen MR) is 94.4 cm³/mol. The van der Waals surface area contributed by atoms with E-state index in [0.717, 1.165) is 5.69 Å². The molecule has 25 heavy (non-hydrogen) atoms. The maximum atomic E-state index is 11.7. The second-order valence-electron chi connectivity index (χ2n) is 4.84. The first-order chi connectivity index (χ1) is 12.1. The molecule has 1 heterocycles. The van der Waals surface area contributed by atoms with Crippen LogP contribution < -0.4 is 26.2 Å². The third-order valence-electron chi connectivity index (χ3n) is 3.04. The number of hydrazine groups is 1. The minimum absolute atomic E-state index is 0.0197. The lowest BCUT2D eigenvalue weighted by atomic mass is 10.3. The van der Waals surface area contributed by atoms with Crippen LogP contribution in [0.25, 0.3) is 0 Å². The van der Waals surface area contributed by atoms with Crippen LogP contribution in [0, 0.1) is 0 Å². The predicted octanol–water partition coefficient (Wildman–Crippen LogP) is 0.746. The molecule has 0 aliphatic carbocycles. The fraction of sp³-hybridized carbons (Fsp3) is 0.188. The summed E-state index contributed by atoms with van der Waals surface area (Å²) in [7, 11) is 1.57. The maximum Gasteiger partial charge on any atom is 0.261 e. The Kier molecular flexibility index (Phi) is 6.78. The van der Waals surface area contributed by atoms with Crippen LogP contribution in [0.4, 0.5) is 5.69 Å². The van der Waals surface area contributed by atoms with Crippen LogP contribution in [0.3, 0.4) is 0 Å². The summed E-state index contributed by atoms with van der Waals surface area (Å²) in [5.41, 5.74) is 5.23. The molecular formula is C16H18N4O4S. The number of nitrogens with one attached hydrogen (secondary N) is 4. The van der Waals surface area contributed by atoms with Crippen LogP contribution in [-0.2, 0) is 9.59 Å². The molecule has 0 radical (unpaired) electrons. The quantitative estimate of drug-likeness (QED) is 0.544. The van der Waals surface area contributed by atoms with E-state index in [-0.39, 0.29) is 19.0 Å². The van der Waals surface area contributed by atoms with Gasteiger partial charge in [-0.05, 0) is 35.7 Å². The third-order valence-corrected chi connectivity index (χ3v) is 3.91. The molecule has 0 saturated carbocycles. The van der Waals surface area contributed by atoms with Crippen molar-refractivity contribution in [3.8, 4) is 5.75 Å². The Balaban J connectivity index is 1.63. The largest absolute Gasteiger partial charge is 0.497 e. The van der Waals surface area contributed by atoms with Gasteiger partial charge in [0.1, 0.15) is 5.75 Å². The zero-order valence-electron chi connectivity index (χ0n) is 13.5. The van der Waals surface area contributed by atoms with Gasteiger partial charge < -0.3 is 15.4 Å². The van der Waals surface area contributed by atoms with Crippen molar-refractivity contribution in [2.24, 2.45) is 0 Å². The van der Waals surface area contributed by atoms with E-state index in [1.54, 1.807) is 48.9 Å². The van der Waals surface area contributed by atoms with Gasteiger partial charge in [0.2, 0.25) is 0 Å². The number of benzene rings is 1. The number of anilines is 1. The van der Waals surface area contributed by atoms with Crippen LogP contribution >= 0.6 is 11.3 Å². The molecule has 0 atom stereocenters. The molecule has 0 unspecified atom stereocenters. The van der Waals surface area contributed by atoms with E-state index in [9.17, 15) is 14.4 Å². The molecule has 0 bridgehead atoms. The fourth-order valence-corrected chi connectivity index (χ4v) is 2.41. The van der Waals surface area contributed by atoms with Crippen molar-refractivity contribution >= 4 is 34.7 Å². The zero-order chi connectivity index (χ0) is 18.1. The van der Waals surface area contributed by atoms with E-state index in [4.69, 9.17) is 4.74 Å². The number of hydrogen-bond acceptors (Lipinski definition) is 6. The average Bonchev–Trinajstić information content (AvgIpc) is 3.18.